The van der Waals surface area contributed by atoms with Gasteiger partial charge in [-0.25, -0.2) is 0 Å². The largest absolute Gasteiger partial charge is 0.347 e. The Kier molecular flexibility index (Phi) is 2.17. The van der Waals surface area contributed by atoms with Crippen LogP contribution in [0.15, 0.2) is 0 Å². The first-order chi connectivity index (χ1) is 7.36. The topological polar surface area (TPSA) is 46.2 Å². The summed E-state index contributed by atoms with van der Waals surface area (Å²) in [6, 6.07) is 0. The van der Waals surface area contributed by atoms with E-state index >= 15 is 0 Å². The molecule has 5 nitrogen and oxygen atoms in total. The quantitative estimate of drug-likeness (QED) is 0.621. The highest BCUT2D eigenvalue weighted by atomic mass is 16.8. The zero-order valence-corrected chi connectivity index (χ0v) is 10.1. The molecule has 0 aromatic carbocycles. The average molecular weight is 230 g/mol. The number of ether oxygens (including phenoxy) is 5. The summed E-state index contributed by atoms with van der Waals surface area (Å²) in [6.07, 6.45) is -0.700. The van der Waals surface area contributed by atoms with Crippen molar-refractivity contribution in [2.45, 2.75) is 63.9 Å². The molecule has 3 rings (SSSR count). The van der Waals surface area contributed by atoms with E-state index in [2.05, 4.69) is 0 Å². The molecule has 16 heavy (non-hydrogen) atoms. The Bertz CT molecular complexity index is 271. The molecule has 0 N–H and O–H groups in total. The fourth-order valence-electron chi connectivity index (χ4n) is 2.57. The van der Waals surface area contributed by atoms with E-state index in [4.69, 9.17) is 23.7 Å². The van der Waals surface area contributed by atoms with E-state index in [1.807, 2.05) is 27.7 Å². The molecule has 4 atom stereocenters. The van der Waals surface area contributed by atoms with Crippen molar-refractivity contribution in [2.24, 2.45) is 0 Å². The van der Waals surface area contributed by atoms with Crippen molar-refractivity contribution in [3.05, 3.63) is 0 Å². The molecular weight excluding hydrogens is 212 g/mol. The Morgan fingerprint density at radius 2 is 1.44 bits per heavy atom. The number of hydrogen-bond donors (Lipinski definition) is 0. The zero-order valence-electron chi connectivity index (χ0n) is 10.1. The van der Waals surface area contributed by atoms with Gasteiger partial charge in [0, 0.05) is 0 Å². The standard InChI is InChI=1S/C11H18O5/c1-10(2)13-6-5-12-9-8(7(6)14-10)15-11(3,4)16-9/h6-9H,5H2,1-4H3/t6-,7-,8+,9?/m0/s1. The maximum Gasteiger partial charge on any atom is 0.189 e. The first kappa shape index (κ1) is 10.9. The monoisotopic (exact) mass is 230 g/mol. The summed E-state index contributed by atoms with van der Waals surface area (Å²) < 4.78 is 28.6. The fraction of sp³-hybridized carbons (Fsp3) is 1.00. The summed E-state index contributed by atoms with van der Waals surface area (Å²) in [5, 5.41) is 0. The molecule has 5 heteroatoms. The predicted molar refractivity (Wildman–Crippen MR) is 53.6 cm³/mol. The predicted octanol–water partition coefficient (Wildman–Crippen LogP) is 1.01. The van der Waals surface area contributed by atoms with E-state index in [1.54, 1.807) is 0 Å². The van der Waals surface area contributed by atoms with Gasteiger partial charge in [-0.05, 0) is 27.7 Å². The van der Waals surface area contributed by atoms with Crippen LogP contribution in [0.25, 0.3) is 0 Å². The minimum absolute atomic E-state index is 0.0613. The van der Waals surface area contributed by atoms with Gasteiger partial charge < -0.3 is 23.7 Å². The van der Waals surface area contributed by atoms with Crippen LogP contribution in [0.5, 0.6) is 0 Å². The smallest absolute Gasteiger partial charge is 0.189 e. The van der Waals surface area contributed by atoms with Crippen molar-refractivity contribution in [1.29, 1.82) is 0 Å². The number of hydrogen-bond acceptors (Lipinski definition) is 5. The second-order valence-electron chi connectivity index (χ2n) is 5.44. The third-order valence-corrected chi connectivity index (χ3v) is 3.06. The van der Waals surface area contributed by atoms with Crippen molar-refractivity contribution in [2.75, 3.05) is 6.61 Å². The van der Waals surface area contributed by atoms with E-state index in [0.717, 1.165) is 0 Å². The number of rotatable bonds is 0. The lowest BCUT2D eigenvalue weighted by molar-refractivity contribution is -0.205. The Labute approximate surface area is 94.9 Å². The number of fused-ring (bicyclic) bond motifs is 3. The molecule has 0 aromatic heterocycles. The van der Waals surface area contributed by atoms with Gasteiger partial charge in [0.15, 0.2) is 17.9 Å². The zero-order chi connectivity index (χ0) is 11.6. The lowest BCUT2D eigenvalue weighted by Crippen LogP contribution is -2.50. The normalized spacial score (nSPS) is 48.8. The lowest BCUT2D eigenvalue weighted by atomic mass is 10.1. The molecule has 0 radical (unpaired) electrons. The molecule has 3 aliphatic heterocycles. The van der Waals surface area contributed by atoms with E-state index < -0.39 is 11.6 Å². The van der Waals surface area contributed by atoms with Gasteiger partial charge in [0.1, 0.15) is 18.3 Å². The maximum absolute atomic E-state index is 5.85. The van der Waals surface area contributed by atoms with Crippen molar-refractivity contribution < 1.29 is 23.7 Å². The van der Waals surface area contributed by atoms with E-state index in [-0.39, 0.29) is 24.6 Å². The van der Waals surface area contributed by atoms with E-state index in [0.29, 0.717) is 6.61 Å². The molecule has 0 saturated carbocycles. The van der Waals surface area contributed by atoms with Crippen molar-refractivity contribution >= 4 is 0 Å². The van der Waals surface area contributed by atoms with Crippen molar-refractivity contribution in [3.63, 3.8) is 0 Å². The van der Waals surface area contributed by atoms with Gasteiger partial charge in [-0.3, -0.25) is 0 Å². The van der Waals surface area contributed by atoms with E-state index in [9.17, 15) is 0 Å². The van der Waals surface area contributed by atoms with Crippen LogP contribution >= 0.6 is 0 Å². The van der Waals surface area contributed by atoms with Gasteiger partial charge >= 0.3 is 0 Å². The molecule has 3 saturated heterocycles. The third-order valence-electron chi connectivity index (χ3n) is 3.06. The average Bonchev–Trinajstić information content (AvgIpc) is 2.58. The minimum Gasteiger partial charge on any atom is -0.347 e. The van der Waals surface area contributed by atoms with Crippen molar-refractivity contribution in [3.8, 4) is 0 Å². The van der Waals surface area contributed by atoms with Crippen molar-refractivity contribution in [1.82, 2.24) is 0 Å². The molecule has 0 bridgehead atoms. The SMILES string of the molecule is CC1(C)O[C@H]2[C@H](COC3OC(C)(C)O[C@@H]32)O1. The summed E-state index contributed by atoms with van der Waals surface area (Å²) in [5.74, 6) is -1.18. The highest BCUT2D eigenvalue weighted by Gasteiger charge is 2.57. The Morgan fingerprint density at radius 3 is 2.19 bits per heavy atom. The molecule has 0 aromatic rings. The van der Waals surface area contributed by atoms with Gasteiger partial charge in [0.2, 0.25) is 0 Å². The van der Waals surface area contributed by atoms with Crippen LogP contribution in [-0.4, -0.2) is 42.8 Å². The first-order valence-electron chi connectivity index (χ1n) is 5.69. The van der Waals surface area contributed by atoms with Gasteiger partial charge in [-0.1, -0.05) is 0 Å². The van der Waals surface area contributed by atoms with Crippen LogP contribution in [0.2, 0.25) is 0 Å². The van der Waals surface area contributed by atoms with Gasteiger partial charge in [-0.2, -0.15) is 0 Å². The maximum atomic E-state index is 5.85. The molecule has 0 amide bonds. The summed E-state index contributed by atoms with van der Waals surface area (Å²) >= 11 is 0. The second kappa shape index (κ2) is 3.17. The lowest BCUT2D eigenvalue weighted by Gasteiger charge is -2.30. The molecule has 92 valence electrons. The summed E-state index contributed by atoms with van der Waals surface area (Å²) in [5.41, 5.74) is 0. The Morgan fingerprint density at radius 1 is 0.812 bits per heavy atom. The molecule has 0 aliphatic carbocycles. The third kappa shape index (κ3) is 1.67. The second-order valence-corrected chi connectivity index (χ2v) is 5.44. The molecule has 3 aliphatic rings. The molecule has 3 fully saturated rings. The Balaban J connectivity index is 1.81. The summed E-state index contributed by atoms with van der Waals surface area (Å²) in [6.45, 7) is 8.06. The molecule has 1 unspecified atom stereocenters. The van der Waals surface area contributed by atoms with Gasteiger partial charge in [-0.15, -0.1) is 0 Å². The van der Waals surface area contributed by atoms with Gasteiger partial charge in [0.05, 0.1) is 6.61 Å². The minimum atomic E-state index is -0.611. The van der Waals surface area contributed by atoms with Gasteiger partial charge in [0.25, 0.3) is 0 Å². The van der Waals surface area contributed by atoms with E-state index in [1.165, 1.54) is 0 Å². The summed E-state index contributed by atoms with van der Waals surface area (Å²) in [4.78, 5) is 0. The van der Waals surface area contributed by atoms with Crippen LogP contribution in [0.1, 0.15) is 27.7 Å². The Hall–Kier alpha value is -0.200. The fourth-order valence-corrected chi connectivity index (χ4v) is 2.57. The van der Waals surface area contributed by atoms with Crippen LogP contribution < -0.4 is 0 Å². The first-order valence-corrected chi connectivity index (χ1v) is 5.69. The highest BCUT2D eigenvalue weighted by molar-refractivity contribution is 4.95. The highest BCUT2D eigenvalue weighted by Crippen LogP contribution is 2.41. The molecule has 3 heterocycles. The summed E-state index contributed by atoms with van der Waals surface area (Å²) in [7, 11) is 0. The molecule has 0 spiro atoms. The van der Waals surface area contributed by atoms with Crippen LogP contribution in [0.4, 0.5) is 0 Å². The van der Waals surface area contributed by atoms with Crippen LogP contribution in [0, 0.1) is 0 Å². The van der Waals surface area contributed by atoms with Crippen LogP contribution in [0.3, 0.4) is 0 Å². The molecular formula is C11H18O5. The van der Waals surface area contributed by atoms with Crippen LogP contribution in [-0.2, 0) is 23.7 Å².